The second-order valence-electron chi connectivity index (χ2n) is 10.3. The van der Waals surface area contributed by atoms with E-state index in [1.165, 1.54) is 16.7 Å². The Kier molecular flexibility index (Phi) is 11.0. The molecule has 1 fully saturated rings. The third kappa shape index (κ3) is 7.90. The van der Waals surface area contributed by atoms with Crippen LogP contribution >= 0.6 is 11.8 Å². The average molecular weight is 591 g/mol. The van der Waals surface area contributed by atoms with Crippen LogP contribution in [0, 0.1) is 13.8 Å². The molecular weight excluding hydrogens is 552 g/mol. The van der Waals surface area contributed by atoms with Gasteiger partial charge in [0.1, 0.15) is 11.8 Å². The van der Waals surface area contributed by atoms with Crippen LogP contribution in [0.3, 0.4) is 0 Å². The van der Waals surface area contributed by atoms with Crippen molar-refractivity contribution >= 4 is 29.5 Å². The summed E-state index contributed by atoms with van der Waals surface area (Å²) in [5, 5.41) is 17.0. The molecular formula is C32H38N4O5S. The number of ether oxygens (including phenoxy) is 1. The van der Waals surface area contributed by atoms with Gasteiger partial charge in [0.25, 0.3) is 11.8 Å². The van der Waals surface area contributed by atoms with E-state index in [9.17, 15) is 19.5 Å². The number of carbonyl (C=O) groups is 3. The van der Waals surface area contributed by atoms with Crippen LogP contribution in [0.5, 0.6) is 5.75 Å². The third-order valence-corrected chi connectivity index (χ3v) is 8.33. The summed E-state index contributed by atoms with van der Waals surface area (Å²) in [5.41, 5.74) is 10.3. The third-order valence-electron chi connectivity index (χ3n) is 7.32. The van der Waals surface area contributed by atoms with Gasteiger partial charge in [0.2, 0.25) is 5.91 Å². The Bertz CT molecular complexity index is 1390. The molecule has 3 amide bonds. The molecule has 0 aromatic heterocycles. The summed E-state index contributed by atoms with van der Waals surface area (Å²) >= 11 is 1.44. The quantitative estimate of drug-likeness (QED) is 0.255. The van der Waals surface area contributed by atoms with Crippen LogP contribution in [0.2, 0.25) is 0 Å². The number of aliphatic hydroxyl groups excluding tert-OH is 1. The molecule has 4 rings (SSSR count). The second kappa shape index (κ2) is 14.9. The Morgan fingerprint density at radius 2 is 1.69 bits per heavy atom. The van der Waals surface area contributed by atoms with Crippen molar-refractivity contribution in [3.8, 4) is 5.75 Å². The first-order valence-electron chi connectivity index (χ1n) is 13.9. The van der Waals surface area contributed by atoms with Gasteiger partial charge >= 0.3 is 0 Å². The van der Waals surface area contributed by atoms with Crippen molar-refractivity contribution in [2.24, 2.45) is 5.73 Å². The van der Waals surface area contributed by atoms with Gasteiger partial charge in [-0.1, -0.05) is 72.8 Å². The van der Waals surface area contributed by atoms with E-state index in [1.54, 1.807) is 0 Å². The predicted octanol–water partition coefficient (Wildman–Crippen LogP) is 2.45. The summed E-state index contributed by atoms with van der Waals surface area (Å²) in [7, 11) is 0. The van der Waals surface area contributed by atoms with E-state index in [4.69, 9.17) is 10.5 Å². The molecule has 3 aromatic carbocycles. The summed E-state index contributed by atoms with van der Waals surface area (Å²) in [5.74, 6) is -0.154. The highest BCUT2D eigenvalue weighted by Crippen LogP contribution is 2.24. The van der Waals surface area contributed by atoms with Crippen LogP contribution in [-0.2, 0) is 33.9 Å². The molecule has 3 atom stereocenters. The Morgan fingerprint density at radius 1 is 1.00 bits per heavy atom. The van der Waals surface area contributed by atoms with Crippen molar-refractivity contribution in [2.75, 3.05) is 18.2 Å². The maximum atomic E-state index is 13.6. The molecule has 5 N–H and O–H groups in total. The van der Waals surface area contributed by atoms with E-state index < -0.39 is 30.0 Å². The highest BCUT2D eigenvalue weighted by molar-refractivity contribution is 7.99. The second-order valence-corrected chi connectivity index (χ2v) is 11.3. The number of benzene rings is 3. The molecule has 0 bridgehead atoms. The summed E-state index contributed by atoms with van der Waals surface area (Å²) in [4.78, 5) is 41.1. The maximum absolute atomic E-state index is 13.6. The molecule has 1 heterocycles. The van der Waals surface area contributed by atoms with Crippen molar-refractivity contribution in [3.05, 3.63) is 101 Å². The summed E-state index contributed by atoms with van der Waals surface area (Å²) in [6.07, 6.45) is -1.36. The number of aryl methyl sites for hydroxylation is 2. The molecule has 1 saturated heterocycles. The molecule has 0 radical (unpaired) electrons. The minimum Gasteiger partial charge on any atom is -0.483 e. The van der Waals surface area contributed by atoms with Crippen molar-refractivity contribution < 1.29 is 24.2 Å². The number of rotatable bonds is 12. The summed E-state index contributed by atoms with van der Waals surface area (Å²) in [6, 6.07) is 21.0. The van der Waals surface area contributed by atoms with Gasteiger partial charge in [-0.25, -0.2) is 0 Å². The number of amides is 3. The number of para-hydroxylation sites is 1. The smallest absolute Gasteiger partial charge is 0.258 e. The zero-order valence-electron chi connectivity index (χ0n) is 23.9. The van der Waals surface area contributed by atoms with Crippen LogP contribution in [-0.4, -0.2) is 64.2 Å². The summed E-state index contributed by atoms with van der Waals surface area (Å²) < 4.78 is 5.81. The average Bonchev–Trinajstić information content (AvgIpc) is 3.49. The molecule has 3 aromatic rings. The standard InChI is InChI=1S/C32H38N4O5S/c1-21-9-6-7-13-25(21)17-34-31(39)27-19-42-20-36(27)32(40)29(38)26(15-23-11-4-3-5-12-23)35-28(37)18-41-30-22(2)10-8-14-24(30)16-33/h3-14,26-27,29,38H,15-20,33H2,1-2H3,(H,34,39)(H,35,37)/t26-,27-,29-/m0/s1. The largest absolute Gasteiger partial charge is 0.483 e. The van der Waals surface area contributed by atoms with Crippen molar-refractivity contribution in [1.82, 2.24) is 15.5 Å². The lowest BCUT2D eigenvalue weighted by molar-refractivity contribution is -0.146. The monoisotopic (exact) mass is 590 g/mol. The zero-order chi connectivity index (χ0) is 30.1. The number of thioether (sulfide) groups is 1. The summed E-state index contributed by atoms with van der Waals surface area (Å²) in [6.45, 7) is 4.14. The molecule has 42 heavy (non-hydrogen) atoms. The lowest BCUT2D eigenvalue weighted by atomic mass is 9.99. The molecule has 1 aliphatic rings. The van der Waals surface area contributed by atoms with Gasteiger partial charge in [0, 0.05) is 24.4 Å². The Balaban J connectivity index is 1.44. The van der Waals surface area contributed by atoms with E-state index in [0.29, 0.717) is 18.0 Å². The number of carbonyl (C=O) groups excluding carboxylic acids is 3. The molecule has 222 valence electrons. The first kappa shape index (κ1) is 31.1. The van der Waals surface area contributed by atoms with Gasteiger partial charge in [-0.05, 0) is 42.5 Å². The Morgan fingerprint density at radius 3 is 2.43 bits per heavy atom. The molecule has 0 spiro atoms. The molecule has 0 saturated carbocycles. The number of nitrogens with one attached hydrogen (secondary N) is 2. The minimum atomic E-state index is -1.57. The number of nitrogens with two attached hydrogens (primary N) is 1. The maximum Gasteiger partial charge on any atom is 0.258 e. The van der Waals surface area contributed by atoms with Crippen molar-refractivity contribution in [1.29, 1.82) is 0 Å². The highest BCUT2D eigenvalue weighted by atomic mass is 32.2. The van der Waals surface area contributed by atoms with Crippen molar-refractivity contribution in [3.63, 3.8) is 0 Å². The topological polar surface area (TPSA) is 134 Å². The van der Waals surface area contributed by atoms with Crippen LogP contribution < -0.4 is 21.1 Å². The fourth-order valence-corrected chi connectivity index (χ4v) is 6.07. The van der Waals surface area contributed by atoms with E-state index in [1.807, 2.05) is 86.6 Å². The lowest BCUT2D eigenvalue weighted by Gasteiger charge is -2.30. The Hall–Kier alpha value is -3.86. The number of hydrogen-bond donors (Lipinski definition) is 4. The minimum absolute atomic E-state index is 0.211. The van der Waals surface area contributed by atoms with Crippen LogP contribution in [0.4, 0.5) is 0 Å². The number of hydrogen-bond acceptors (Lipinski definition) is 7. The normalized spacial score (nSPS) is 16.0. The van der Waals surface area contributed by atoms with Crippen LogP contribution in [0.1, 0.15) is 27.8 Å². The molecule has 1 aliphatic heterocycles. The zero-order valence-corrected chi connectivity index (χ0v) is 24.7. The first-order chi connectivity index (χ1) is 20.3. The molecule has 9 nitrogen and oxygen atoms in total. The SMILES string of the molecule is Cc1ccccc1CNC(=O)[C@@H]1CSCN1C(=O)[C@@H](O)[C@H](Cc1ccccc1)NC(=O)COc1c(C)cccc1CN. The van der Waals surface area contributed by atoms with E-state index in [0.717, 1.165) is 27.8 Å². The van der Waals surface area contributed by atoms with Gasteiger partial charge in [-0.3, -0.25) is 14.4 Å². The highest BCUT2D eigenvalue weighted by Gasteiger charge is 2.40. The van der Waals surface area contributed by atoms with Gasteiger partial charge in [-0.2, -0.15) is 0 Å². The number of nitrogens with zero attached hydrogens (tertiary/aromatic N) is 1. The lowest BCUT2D eigenvalue weighted by Crippen LogP contribution is -2.56. The van der Waals surface area contributed by atoms with E-state index in [2.05, 4.69) is 10.6 Å². The van der Waals surface area contributed by atoms with Crippen LogP contribution in [0.25, 0.3) is 0 Å². The molecule has 0 unspecified atom stereocenters. The molecule has 10 heteroatoms. The van der Waals surface area contributed by atoms with E-state index >= 15 is 0 Å². The van der Waals surface area contributed by atoms with Gasteiger partial charge in [0.05, 0.1) is 11.9 Å². The van der Waals surface area contributed by atoms with Gasteiger partial charge in [-0.15, -0.1) is 11.8 Å². The van der Waals surface area contributed by atoms with Gasteiger partial charge in [0.15, 0.2) is 12.7 Å². The Labute approximate surface area is 250 Å². The van der Waals surface area contributed by atoms with Gasteiger partial charge < -0.3 is 31.1 Å². The number of aliphatic hydroxyl groups is 1. The fraction of sp³-hybridized carbons (Fsp3) is 0.344. The molecule has 0 aliphatic carbocycles. The predicted molar refractivity (Wildman–Crippen MR) is 164 cm³/mol. The van der Waals surface area contributed by atoms with E-state index in [-0.39, 0.29) is 31.4 Å². The van der Waals surface area contributed by atoms with Crippen LogP contribution in [0.15, 0.2) is 72.8 Å². The van der Waals surface area contributed by atoms with Crippen molar-refractivity contribution in [2.45, 2.75) is 51.5 Å². The fourth-order valence-electron chi connectivity index (χ4n) is 4.90. The first-order valence-corrected chi connectivity index (χ1v) is 15.1.